The summed E-state index contributed by atoms with van der Waals surface area (Å²) in [6.07, 6.45) is 1.56. The Balaban J connectivity index is 1.78. The summed E-state index contributed by atoms with van der Waals surface area (Å²) in [6.45, 7) is 3.81. The molecule has 1 amide bonds. The molecule has 7 heteroatoms. The number of hydrogen-bond acceptors (Lipinski definition) is 3. The van der Waals surface area contributed by atoms with Crippen LogP contribution in [0.4, 0.5) is 0 Å². The van der Waals surface area contributed by atoms with Gasteiger partial charge in [0.25, 0.3) is 11.5 Å². The molecular weight excluding hydrogens is 380 g/mol. The normalized spacial score (nSPS) is 12.1. The summed E-state index contributed by atoms with van der Waals surface area (Å²) in [5, 5.41) is 2.93. The van der Waals surface area contributed by atoms with Gasteiger partial charge in [-0.05, 0) is 31.5 Å². The number of nitrogens with one attached hydrogen (secondary N) is 2. The van der Waals surface area contributed by atoms with Crippen molar-refractivity contribution >= 4 is 16.9 Å². The maximum absolute atomic E-state index is 13.1. The van der Waals surface area contributed by atoms with Crippen LogP contribution in [-0.2, 0) is 7.05 Å². The zero-order valence-electron chi connectivity index (χ0n) is 17.0. The third-order valence-corrected chi connectivity index (χ3v) is 5.21. The summed E-state index contributed by atoms with van der Waals surface area (Å²) >= 11 is 0. The van der Waals surface area contributed by atoms with E-state index in [1.807, 2.05) is 56.3 Å². The van der Waals surface area contributed by atoms with Crippen molar-refractivity contribution in [1.29, 1.82) is 0 Å². The van der Waals surface area contributed by atoms with E-state index in [0.717, 1.165) is 15.7 Å². The van der Waals surface area contributed by atoms with Crippen LogP contribution in [0.15, 0.2) is 70.4 Å². The number of amides is 1. The average molecular weight is 402 g/mol. The zero-order valence-corrected chi connectivity index (χ0v) is 17.0. The van der Waals surface area contributed by atoms with Gasteiger partial charge in [0.15, 0.2) is 0 Å². The number of carbonyl (C=O) groups excluding carboxylic acids is 1. The van der Waals surface area contributed by atoms with Gasteiger partial charge in [-0.25, -0.2) is 9.36 Å². The zero-order chi connectivity index (χ0) is 21.4. The van der Waals surface area contributed by atoms with E-state index in [0.29, 0.717) is 5.69 Å². The summed E-state index contributed by atoms with van der Waals surface area (Å²) in [7, 11) is 1.68. The van der Waals surface area contributed by atoms with Crippen LogP contribution in [0, 0.1) is 6.92 Å². The maximum Gasteiger partial charge on any atom is 0.333 e. The molecular formula is C23H22N4O3. The first-order valence-electron chi connectivity index (χ1n) is 9.64. The first kappa shape index (κ1) is 19.4. The maximum atomic E-state index is 13.1. The third kappa shape index (κ3) is 3.34. The molecule has 0 radical (unpaired) electrons. The molecule has 4 aromatic rings. The molecule has 0 aliphatic carbocycles. The lowest BCUT2D eigenvalue weighted by Gasteiger charge is -2.13. The van der Waals surface area contributed by atoms with E-state index in [9.17, 15) is 14.4 Å². The second kappa shape index (κ2) is 7.51. The number of aromatic nitrogens is 3. The SMILES string of the molecule is Cc1ccc(-n2c(=O)[nH]c3c(C(=O)N[C@@H](C)c4ccccc4)cn(C)c3c2=O)cc1. The quantitative estimate of drug-likeness (QED) is 0.550. The monoisotopic (exact) mass is 402 g/mol. The molecule has 7 nitrogen and oxygen atoms in total. The van der Waals surface area contributed by atoms with E-state index in [1.54, 1.807) is 29.9 Å². The Morgan fingerprint density at radius 3 is 2.37 bits per heavy atom. The van der Waals surface area contributed by atoms with Crippen LogP contribution in [0.2, 0.25) is 0 Å². The summed E-state index contributed by atoms with van der Waals surface area (Å²) in [5.41, 5.74) is 2.12. The number of nitrogens with zero attached hydrogens (tertiary/aromatic N) is 2. The second-order valence-electron chi connectivity index (χ2n) is 7.39. The first-order chi connectivity index (χ1) is 14.4. The summed E-state index contributed by atoms with van der Waals surface area (Å²) in [6, 6.07) is 16.4. The standard InChI is InChI=1S/C23H22N4O3/c1-14-9-11-17(12-10-14)27-22(29)20-19(25-23(27)30)18(13-26(20)3)21(28)24-15(2)16-7-5-4-6-8-16/h4-13,15H,1-3H3,(H,24,28)(H,25,30)/t15-/m0/s1. The Bertz CT molecular complexity index is 1350. The van der Waals surface area contributed by atoms with Gasteiger partial charge in [0.1, 0.15) is 5.52 Å². The van der Waals surface area contributed by atoms with Crippen molar-refractivity contribution in [3.63, 3.8) is 0 Å². The van der Waals surface area contributed by atoms with E-state index in [1.165, 1.54) is 0 Å². The molecule has 2 aromatic heterocycles. The molecule has 0 aliphatic rings. The topological polar surface area (TPSA) is 88.9 Å². The van der Waals surface area contributed by atoms with Crippen LogP contribution in [0.3, 0.4) is 0 Å². The van der Waals surface area contributed by atoms with Crippen LogP contribution in [0.5, 0.6) is 0 Å². The largest absolute Gasteiger partial charge is 0.345 e. The van der Waals surface area contributed by atoms with Gasteiger partial charge in [0, 0.05) is 13.2 Å². The highest BCUT2D eigenvalue weighted by Gasteiger charge is 2.21. The van der Waals surface area contributed by atoms with Crippen molar-refractivity contribution in [3.8, 4) is 5.69 Å². The molecule has 0 unspecified atom stereocenters. The Hall–Kier alpha value is -3.87. The third-order valence-electron chi connectivity index (χ3n) is 5.21. The molecule has 152 valence electrons. The van der Waals surface area contributed by atoms with E-state index in [4.69, 9.17) is 0 Å². The molecule has 2 aromatic carbocycles. The molecule has 0 saturated carbocycles. The Morgan fingerprint density at radius 2 is 1.70 bits per heavy atom. The molecule has 0 bridgehead atoms. The average Bonchev–Trinajstić information content (AvgIpc) is 3.06. The van der Waals surface area contributed by atoms with Crippen molar-refractivity contribution < 1.29 is 4.79 Å². The molecule has 0 spiro atoms. The molecule has 0 saturated heterocycles. The smallest absolute Gasteiger partial charge is 0.333 e. The predicted molar refractivity (Wildman–Crippen MR) is 116 cm³/mol. The van der Waals surface area contributed by atoms with Crippen molar-refractivity contribution in [1.82, 2.24) is 19.4 Å². The number of fused-ring (bicyclic) bond motifs is 1. The molecule has 0 aliphatic heterocycles. The number of H-pyrrole nitrogens is 1. The Kier molecular flexibility index (Phi) is 4.87. The molecule has 2 heterocycles. The van der Waals surface area contributed by atoms with E-state index < -0.39 is 11.2 Å². The van der Waals surface area contributed by atoms with Gasteiger partial charge < -0.3 is 14.9 Å². The van der Waals surface area contributed by atoms with Gasteiger partial charge in [-0.3, -0.25) is 9.59 Å². The van der Waals surface area contributed by atoms with Crippen LogP contribution in [-0.4, -0.2) is 20.0 Å². The minimum absolute atomic E-state index is 0.228. The van der Waals surface area contributed by atoms with Gasteiger partial charge in [-0.2, -0.15) is 0 Å². The van der Waals surface area contributed by atoms with Crippen LogP contribution < -0.4 is 16.6 Å². The predicted octanol–water partition coefficient (Wildman–Crippen LogP) is 2.82. The number of rotatable bonds is 4. The Labute approximate surface area is 172 Å². The van der Waals surface area contributed by atoms with Crippen molar-refractivity contribution in [2.75, 3.05) is 0 Å². The van der Waals surface area contributed by atoms with E-state index >= 15 is 0 Å². The lowest BCUT2D eigenvalue weighted by Crippen LogP contribution is -2.34. The number of aromatic amines is 1. The fourth-order valence-electron chi connectivity index (χ4n) is 3.57. The Morgan fingerprint density at radius 1 is 1.03 bits per heavy atom. The highest BCUT2D eigenvalue weighted by Crippen LogP contribution is 2.18. The first-order valence-corrected chi connectivity index (χ1v) is 9.64. The number of carbonyl (C=O) groups is 1. The van der Waals surface area contributed by atoms with Crippen LogP contribution in [0.1, 0.15) is 34.5 Å². The summed E-state index contributed by atoms with van der Waals surface area (Å²) in [4.78, 5) is 41.5. The van der Waals surface area contributed by atoms with Gasteiger partial charge in [0.2, 0.25) is 0 Å². The molecule has 4 rings (SSSR count). The second-order valence-corrected chi connectivity index (χ2v) is 7.39. The fraction of sp³-hybridized carbons (Fsp3) is 0.174. The van der Waals surface area contributed by atoms with Gasteiger partial charge >= 0.3 is 5.69 Å². The van der Waals surface area contributed by atoms with Gasteiger partial charge in [-0.1, -0.05) is 48.0 Å². The highest BCUT2D eigenvalue weighted by molar-refractivity contribution is 6.05. The summed E-state index contributed by atoms with van der Waals surface area (Å²) in [5.74, 6) is -0.361. The number of aryl methyl sites for hydroxylation is 2. The van der Waals surface area contributed by atoms with Gasteiger partial charge in [0.05, 0.1) is 22.8 Å². The van der Waals surface area contributed by atoms with Crippen LogP contribution >= 0.6 is 0 Å². The molecule has 2 N–H and O–H groups in total. The lowest BCUT2D eigenvalue weighted by atomic mass is 10.1. The number of benzene rings is 2. The van der Waals surface area contributed by atoms with Crippen molar-refractivity contribution in [2.45, 2.75) is 19.9 Å². The van der Waals surface area contributed by atoms with E-state index in [-0.39, 0.29) is 28.5 Å². The lowest BCUT2D eigenvalue weighted by molar-refractivity contribution is 0.0941. The minimum Gasteiger partial charge on any atom is -0.345 e. The van der Waals surface area contributed by atoms with Crippen LogP contribution in [0.25, 0.3) is 16.7 Å². The van der Waals surface area contributed by atoms with Crippen molar-refractivity contribution in [2.24, 2.45) is 7.05 Å². The minimum atomic E-state index is -0.590. The fourth-order valence-corrected chi connectivity index (χ4v) is 3.57. The highest BCUT2D eigenvalue weighted by atomic mass is 16.2. The van der Waals surface area contributed by atoms with Gasteiger partial charge in [-0.15, -0.1) is 0 Å². The van der Waals surface area contributed by atoms with E-state index in [2.05, 4.69) is 10.3 Å². The molecule has 0 fully saturated rings. The number of hydrogen-bond donors (Lipinski definition) is 2. The molecule has 1 atom stereocenters. The molecule has 30 heavy (non-hydrogen) atoms. The van der Waals surface area contributed by atoms with Crippen molar-refractivity contribution in [3.05, 3.63) is 98.3 Å². The summed E-state index contributed by atoms with van der Waals surface area (Å²) < 4.78 is 2.65.